The van der Waals surface area contributed by atoms with Gasteiger partial charge in [-0.3, -0.25) is 14.5 Å². The summed E-state index contributed by atoms with van der Waals surface area (Å²) in [4.78, 5) is 33.0. The Labute approximate surface area is 167 Å². The summed E-state index contributed by atoms with van der Waals surface area (Å²) in [5.41, 5.74) is 0. The second-order valence-corrected chi connectivity index (χ2v) is 8.76. The molecule has 2 aliphatic rings. The first-order chi connectivity index (χ1) is 13.1. The first-order valence-electron chi connectivity index (χ1n) is 9.21. The first-order valence-corrected chi connectivity index (χ1v) is 10.4. The summed E-state index contributed by atoms with van der Waals surface area (Å²) >= 11 is 7.60. The Morgan fingerprint density at radius 2 is 1.96 bits per heavy atom. The van der Waals surface area contributed by atoms with Crippen molar-refractivity contribution in [3.63, 3.8) is 0 Å². The number of amides is 2. The summed E-state index contributed by atoms with van der Waals surface area (Å²) in [6, 6.07) is 6.78. The highest BCUT2D eigenvalue weighted by molar-refractivity contribution is 7.16. The highest BCUT2D eigenvalue weighted by Gasteiger charge is 2.39. The summed E-state index contributed by atoms with van der Waals surface area (Å²) in [6.07, 6.45) is 3.55. The van der Waals surface area contributed by atoms with Crippen LogP contribution in [0.25, 0.3) is 0 Å². The quantitative estimate of drug-likeness (QED) is 0.781. The molecule has 1 atom stereocenters. The number of hydrogen-bond donors (Lipinski definition) is 0. The minimum absolute atomic E-state index is 0.0429. The predicted molar refractivity (Wildman–Crippen MR) is 104 cm³/mol. The Hall–Kier alpha value is -1.83. The molecule has 0 saturated carbocycles. The van der Waals surface area contributed by atoms with Gasteiger partial charge in [-0.05, 0) is 37.1 Å². The summed E-state index contributed by atoms with van der Waals surface area (Å²) in [6.45, 7) is 4.03. The fourth-order valence-corrected chi connectivity index (χ4v) is 4.91. The molecule has 27 heavy (non-hydrogen) atoms. The third-order valence-corrected chi connectivity index (χ3v) is 6.38. The monoisotopic (exact) mass is 407 g/mol. The van der Waals surface area contributed by atoms with Crippen molar-refractivity contribution in [1.29, 1.82) is 0 Å². The van der Waals surface area contributed by atoms with Crippen LogP contribution in [0.4, 0.5) is 0 Å². The van der Waals surface area contributed by atoms with Gasteiger partial charge >= 0.3 is 0 Å². The van der Waals surface area contributed by atoms with Crippen molar-refractivity contribution in [2.45, 2.75) is 25.4 Å². The summed E-state index contributed by atoms with van der Waals surface area (Å²) in [5.74, 6) is 0.116. The van der Waals surface area contributed by atoms with Gasteiger partial charge in [-0.2, -0.15) is 0 Å². The van der Waals surface area contributed by atoms with Gasteiger partial charge in [-0.15, -0.1) is 11.3 Å². The Bertz CT molecular complexity index is 801. The number of carbonyl (C=O) groups is 2. The van der Waals surface area contributed by atoms with Crippen LogP contribution >= 0.6 is 22.9 Å². The second-order valence-electron chi connectivity index (χ2n) is 6.96. The van der Waals surface area contributed by atoms with E-state index in [-0.39, 0.29) is 17.6 Å². The molecule has 0 bridgehead atoms. The molecule has 4 heterocycles. The maximum Gasteiger partial charge on any atom is 0.290 e. The average molecular weight is 408 g/mol. The molecule has 2 saturated heterocycles. The number of rotatable bonds is 4. The van der Waals surface area contributed by atoms with E-state index in [1.54, 1.807) is 28.4 Å². The van der Waals surface area contributed by atoms with Crippen molar-refractivity contribution in [2.75, 3.05) is 32.7 Å². The SMILES string of the molecule is O=C(C1CN(Cc2ccc(Cl)s2)CCN1C(=O)c1ccco1)N1CCCC1. The van der Waals surface area contributed by atoms with Crippen molar-refractivity contribution in [1.82, 2.24) is 14.7 Å². The molecule has 4 rings (SSSR count). The fraction of sp³-hybridized carbons (Fsp3) is 0.474. The van der Waals surface area contributed by atoms with E-state index >= 15 is 0 Å². The lowest BCUT2D eigenvalue weighted by atomic mass is 10.1. The molecule has 0 radical (unpaired) electrons. The topological polar surface area (TPSA) is 57.0 Å². The van der Waals surface area contributed by atoms with Gasteiger partial charge in [-0.25, -0.2) is 0 Å². The molecule has 0 aliphatic carbocycles. The van der Waals surface area contributed by atoms with E-state index in [0.29, 0.717) is 19.6 Å². The van der Waals surface area contributed by atoms with Gasteiger partial charge in [0.2, 0.25) is 5.91 Å². The van der Waals surface area contributed by atoms with Crippen LogP contribution in [0.15, 0.2) is 34.9 Å². The van der Waals surface area contributed by atoms with E-state index < -0.39 is 6.04 Å². The molecule has 2 amide bonds. The van der Waals surface area contributed by atoms with Crippen molar-refractivity contribution in [3.8, 4) is 0 Å². The number of carbonyl (C=O) groups excluding carboxylic acids is 2. The Morgan fingerprint density at radius 3 is 2.63 bits per heavy atom. The van der Waals surface area contributed by atoms with E-state index in [9.17, 15) is 9.59 Å². The van der Waals surface area contributed by atoms with Gasteiger partial charge in [0.1, 0.15) is 6.04 Å². The highest BCUT2D eigenvalue weighted by atomic mass is 35.5. The third-order valence-electron chi connectivity index (χ3n) is 5.17. The smallest absolute Gasteiger partial charge is 0.290 e. The zero-order chi connectivity index (χ0) is 18.8. The fourth-order valence-electron chi connectivity index (χ4n) is 3.78. The lowest BCUT2D eigenvalue weighted by Gasteiger charge is -2.41. The van der Waals surface area contributed by atoms with Crippen molar-refractivity contribution >= 4 is 34.8 Å². The van der Waals surface area contributed by atoms with E-state index in [2.05, 4.69) is 4.90 Å². The maximum absolute atomic E-state index is 13.1. The summed E-state index contributed by atoms with van der Waals surface area (Å²) < 4.78 is 6.05. The average Bonchev–Trinajstić information content (AvgIpc) is 3.43. The number of halogens is 1. The van der Waals surface area contributed by atoms with Crippen molar-refractivity contribution in [2.24, 2.45) is 0 Å². The van der Waals surface area contributed by atoms with E-state index in [4.69, 9.17) is 16.0 Å². The van der Waals surface area contributed by atoms with Crippen LogP contribution in [0.3, 0.4) is 0 Å². The Kier molecular flexibility index (Phi) is 5.52. The van der Waals surface area contributed by atoms with Crippen molar-refractivity contribution in [3.05, 3.63) is 45.5 Å². The molecular weight excluding hydrogens is 386 g/mol. The molecule has 6 nitrogen and oxygen atoms in total. The normalized spacial score (nSPS) is 21.0. The predicted octanol–water partition coefficient (Wildman–Crippen LogP) is 2.94. The number of piperazine rings is 1. The molecule has 2 aliphatic heterocycles. The lowest BCUT2D eigenvalue weighted by molar-refractivity contribution is -0.137. The van der Waals surface area contributed by atoms with Crippen LogP contribution in [0.5, 0.6) is 0 Å². The van der Waals surface area contributed by atoms with Crippen LogP contribution in [0.2, 0.25) is 4.34 Å². The third kappa shape index (κ3) is 4.05. The minimum atomic E-state index is -0.482. The molecule has 0 aromatic carbocycles. The molecule has 0 N–H and O–H groups in total. The Balaban J connectivity index is 1.52. The van der Waals surface area contributed by atoms with Gasteiger partial charge in [-0.1, -0.05) is 11.6 Å². The van der Waals surface area contributed by atoms with Gasteiger partial charge in [0.15, 0.2) is 5.76 Å². The molecule has 144 valence electrons. The molecule has 8 heteroatoms. The van der Waals surface area contributed by atoms with Crippen molar-refractivity contribution < 1.29 is 14.0 Å². The lowest BCUT2D eigenvalue weighted by Crippen LogP contribution is -2.60. The minimum Gasteiger partial charge on any atom is -0.459 e. The van der Waals surface area contributed by atoms with Crippen LogP contribution in [-0.4, -0.2) is 65.3 Å². The zero-order valence-electron chi connectivity index (χ0n) is 15.0. The Morgan fingerprint density at radius 1 is 1.15 bits per heavy atom. The molecule has 0 spiro atoms. The van der Waals surface area contributed by atoms with E-state index in [0.717, 1.165) is 41.7 Å². The standard InChI is InChI=1S/C19H22ClN3O3S/c20-17-6-5-14(27-17)12-21-9-10-23(19(25)16-4-3-11-26-16)15(13-21)18(24)22-7-1-2-8-22/h3-6,11,15H,1-2,7-10,12-13H2. The van der Waals surface area contributed by atoms with Gasteiger partial charge in [0, 0.05) is 44.1 Å². The van der Waals surface area contributed by atoms with Crippen LogP contribution in [0.1, 0.15) is 28.3 Å². The molecular formula is C19H22ClN3O3S. The summed E-state index contributed by atoms with van der Waals surface area (Å²) in [7, 11) is 0. The van der Waals surface area contributed by atoms with Gasteiger partial charge in [0.25, 0.3) is 5.91 Å². The number of likely N-dealkylation sites (tertiary alicyclic amines) is 1. The second kappa shape index (κ2) is 8.04. The van der Waals surface area contributed by atoms with Crippen LogP contribution in [0, 0.1) is 0 Å². The number of furan rings is 1. The zero-order valence-corrected chi connectivity index (χ0v) is 16.5. The molecule has 2 fully saturated rings. The maximum atomic E-state index is 13.1. The van der Waals surface area contributed by atoms with E-state index in [1.165, 1.54) is 6.26 Å². The number of thiophene rings is 1. The highest BCUT2D eigenvalue weighted by Crippen LogP contribution is 2.25. The number of hydrogen-bond acceptors (Lipinski definition) is 5. The number of nitrogens with zero attached hydrogens (tertiary/aromatic N) is 3. The first kappa shape index (κ1) is 18.5. The van der Waals surface area contributed by atoms with Crippen LogP contribution in [-0.2, 0) is 11.3 Å². The largest absolute Gasteiger partial charge is 0.459 e. The summed E-state index contributed by atoms with van der Waals surface area (Å²) in [5, 5.41) is 0. The molecule has 1 unspecified atom stereocenters. The van der Waals surface area contributed by atoms with Gasteiger partial charge < -0.3 is 14.2 Å². The molecule has 2 aromatic rings. The molecule has 2 aromatic heterocycles. The van der Waals surface area contributed by atoms with Gasteiger partial charge in [0.05, 0.1) is 10.6 Å². The van der Waals surface area contributed by atoms with Crippen LogP contribution < -0.4 is 0 Å². The van der Waals surface area contributed by atoms with E-state index in [1.807, 2.05) is 17.0 Å².